The molecule has 23 heavy (non-hydrogen) atoms. The molecule has 1 aliphatic rings. The third kappa shape index (κ3) is 4.98. The maximum atomic E-state index is 12.6. The Bertz CT molecular complexity index is 530. The normalized spacial score (nSPS) is 17.1. The zero-order valence-electron chi connectivity index (χ0n) is 14.2. The number of carbonyl (C=O) groups is 2. The molecule has 0 N–H and O–H groups in total. The van der Waals surface area contributed by atoms with Crippen molar-refractivity contribution < 1.29 is 14.3 Å². The molecule has 0 saturated carbocycles. The van der Waals surface area contributed by atoms with Crippen LogP contribution >= 0.6 is 0 Å². The van der Waals surface area contributed by atoms with Gasteiger partial charge < -0.3 is 14.5 Å². The molecule has 1 aromatic rings. The predicted molar refractivity (Wildman–Crippen MR) is 89.1 cm³/mol. The molecular formula is C18H26N2O3. The lowest BCUT2D eigenvalue weighted by Crippen LogP contribution is -2.42. The number of nitrogens with zero attached hydrogens (tertiary/aromatic N) is 2. The second-order valence-corrected chi connectivity index (χ2v) is 6.38. The van der Waals surface area contributed by atoms with Gasteiger partial charge in [-0.2, -0.15) is 0 Å². The van der Waals surface area contributed by atoms with Gasteiger partial charge in [0.2, 0.25) is 5.91 Å². The number of ether oxygens (including phenoxy) is 1. The number of carbonyl (C=O) groups excluding carboxylic acids is 2. The van der Waals surface area contributed by atoms with Crippen molar-refractivity contribution in [1.29, 1.82) is 0 Å². The lowest BCUT2D eigenvalue weighted by atomic mass is 10.2. The van der Waals surface area contributed by atoms with Gasteiger partial charge in [0.1, 0.15) is 5.75 Å². The third-order valence-corrected chi connectivity index (χ3v) is 3.89. The second kappa shape index (κ2) is 7.99. The highest BCUT2D eigenvalue weighted by molar-refractivity contribution is 5.83. The largest absolute Gasteiger partial charge is 0.481 e. The summed E-state index contributed by atoms with van der Waals surface area (Å²) in [7, 11) is 0. The van der Waals surface area contributed by atoms with Crippen molar-refractivity contribution in [3.8, 4) is 5.75 Å². The standard InChI is InChI=1S/C18H26N2O3/c1-14(2)13-20-12-11-19(10-9-17(20)21)18(22)15(3)23-16-7-5-4-6-8-16/h4-8,14-15H,9-13H2,1-3H3/t15-/m1/s1. The molecule has 1 saturated heterocycles. The van der Waals surface area contributed by atoms with Gasteiger partial charge in [-0.15, -0.1) is 0 Å². The number of para-hydroxylation sites is 1. The lowest BCUT2D eigenvalue weighted by Gasteiger charge is -2.25. The van der Waals surface area contributed by atoms with E-state index in [0.717, 1.165) is 6.54 Å². The summed E-state index contributed by atoms with van der Waals surface area (Å²) in [6.45, 7) is 8.33. The molecule has 0 unspecified atom stereocenters. The van der Waals surface area contributed by atoms with Crippen LogP contribution < -0.4 is 4.74 Å². The third-order valence-electron chi connectivity index (χ3n) is 3.89. The Labute approximate surface area is 138 Å². The molecule has 1 aromatic carbocycles. The summed E-state index contributed by atoms with van der Waals surface area (Å²) >= 11 is 0. The summed E-state index contributed by atoms with van der Waals surface area (Å²) in [5, 5.41) is 0. The van der Waals surface area contributed by atoms with E-state index in [9.17, 15) is 9.59 Å². The van der Waals surface area contributed by atoms with Crippen LogP contribution in [0.5, 0.6) is 5.75 Å². The van der Waals surface area contributed by atoms with Crippen molar-refractivity contribution in [2.24, 2.45) is 5.92 Å². The average molecular weight is 318 g/mol. The molecule has 0 radical (unpaired) electrons. The topological polar surface area (TPSA) is 49.9 Å². The summed E-state index contributed by atoms with van der Waals surface area (Å²) in [5.74, 6) is 1.18. The first-order chi connectivity index (χ1) is 11.0. The van der Waals surface area contributed by atoms with E-state index in [-0.39, 0.29) is 11.8 Å². The van der Waals surface area contributed by atoms with E-state index in [2.05, 4.69) is 13.8 Å². The van der Waals surface area contributed by atoms with Gasteiger partial charge in [-0.25, -0.2) is 0 Å². The molecule has 1 atom stereocenters. The zero-order chi connectivity index (χ0) is 16.8. The molecule has 5 nitrogen and oxygen atoms in total. The van der Waals surface area contributed by atoms with Crippen LogP contribution in [0.1, 0.15) is 27.2 Å². The molecule has 0 bridgehead atoms. The smallest absolute Gasteiger partial charge is 0.263 e. The summed E-state index contributed by atoms with van der Waals surface area (Å²) in [4.78, 5) is 28.3. The maximum Gasteiger partial charge on any atom is 0.263 e. The van der Waals surface area contributed by atoms with Gasteiger partial charge in [-0.05, 0) is 25.0 Å². The first-order valence-electron chi connectivity index (χ1n) is 8.25. The van der Waals surface area contributed by atoms with Gasteiger partial charge in [0.25, 0.3) is 5.91 Å². The molecule has 1 fully saturated rings. The van der Waals surface area contributed by atoms with Gasteiger partial charge in [-0.3, -0.25) is 9.59 Å². The number of rotatable bonds is 5. The minimum atomic E-state index is -0.552. The minimum Gasteiger partial charge on any atom is -0.481 e. The SMILES string of the molecule is CC(C)CN1CCN(C(=O)[C@@H](C)Oc2ccccc2)CCC1=O. The Balaban J connectivity index is 1.93. The van der Waals surface area contributed by atoms with Crippen LogP contribution in [-0.4, -0.2) is 53.9 Å². The number of hydrogen-bond donors (Lipinski definition) is 0. The quantitative estimate of drug-likeness (QED) is 0.836. The van der Waals surface area contributed by atoms with Crippen molar-refractivity contribution in [1.82, 2.24) is 9.80 Å². The van der Waals surface area contributed by atoms with E-state index in [1.165, 1.54) is 0 Å². The first-order valence-corrected chi connectivity index (χ1v) is 8.25. The Kier molecular flexibility index (Phi) is 6.02. The van der Waals surface area contributed by atoms with Crippen LogP contribution in [0.25, 0.3) is 0 Å². The lowest BCUT2D eigenvalue weighted by molar-refractivity contribution is -0.137. The highest BCUT2D eigenvalue weighted by Gasteiger charge is 2.27. The van der Waals surface area contributed by atoms with Crippen LogP contribution in [0.2, 0.25) is 0 Å². The van der Waals surface area contributed by atoms with E-state index in [0.29, 0.717) is 37.7 Å². The van der Waals surface area contributed by atoms with Crippen LogP contribution in [0.4, 0.5) is 0 Å². The average Bonchev–Trinajstić information content (AvgIpc) is 2.70. The summed E-state index contributed by atoms with van der Waals surface area (Å²) < 4.78 is 5.70. The van der Waals surface area contributed by atoms with E-state index in [4.69, 9.17) is 4.74 Å². The molecule has 126 valence electrons. The summed E-state index contributed by atoms with van der Waals surface area (Å²) in [5.41, 5.74) is 0. The Morgan fingerprint density at radius 2 is 1.83 bits per heavy atom. The van der Waals surface area contributed by atoms with Crippen LogP contribution in [0, 0.1) is 5.92 Å². The Morgan fingerprint density at radius 3 is 2.48 bits per heavy atom. The molecule has 0 aliphatic carbocycles. The fraction of sp³-hybridized carbons (Fsp3) is 0.556. The highest BCUT2D eigenvalue weighted by atomic mass is 16.5. The van der Waals surface area contributed by atoms with Gasteiger partial charge in [-0.1, -0.05) is 32.0 Å². The second-order valence-electron chi connectivity index (χ2n) is 6.38. The Morgan fingerprint density at radius 1 is 1.13 bits per heavy atom. The molecule has 0 aromatic heterocycles. The molecule has 0 spiro atoms. The van der Waals surface area contributed by atoms with Crippen molar-refractivity contribution in [2.45, 2.75) is 33.3 Å². The minimum absolute atomic E-state index is 0.0620. The first kappa shape index (κ1) is 17.3. The van der Waals surface area contributed by atoms with Crippen molar-refractivity contribution in [2.75, 3.05) is 26.2 Å². The van der Waals surface area contributed by atoms with E-state index in [1.807, 2.05) is 35.2 Å². The van der Waals surface area contributed by atoms with Gasteiger partial charge >= 0.3 is 0 Å². The molecular weight excluding hydrogens is 292 g/mol. The number of amides is 2. The Hall–Kier alpha value is -2.04. The molecule has 2 amide bonds. The fourth-order valence-corrected chi connectivity index (χ4v) is 2.73. The molecule has 2 rings (SSSR count). The monoisotopic (exact) mass is 318 g/mol. The summed E-state index contributed by atoms with van der Waals surface area (Å²) in [6.07, 6.45) is -0.166. The molecule has 1 aliphatic heterocycles. The van der Waals surface area contributed by atoms with Crippen LogP contribution in [-0.2, 0) is 9.59 Å². The fourth-order valence-electron chi connectivity index (χ4n) is 2.73. The molecule has 1 heterocycles. The highest BCUT2D eigenvalue weighted by Crippen LogP contribution is 2.14. The number of hydrogen-bond acceptors (Lipinski definition) is 3. The van der Waals surface area contributed by atoms with Crippen molar-refractivity contribution >= 4 is 11.8 Å². The number of benzene rings is 1. The molecule has 5 heteroatoms. The van der Waals surface area contributed by atoms with Gasteiger partial charge in [0.15, 0.2) is 6.10 Å². The van der Waals surface area contributed by atoms with E-state index < -0.39 is 6.10 Å². The maximum absolute atomic E-state index is 12.6. The van der Waals surface area contributed by atoms with E-state index in [1.54, 1.807) is 11.8 Å². The van der Waals surface area contributed by atoms with Crippen molar-refractivity contribution in [3.63, 3.8) is 0 Å². The van der Waals surface area contributed by atoms with Crippen LogP contribution in [0.3, 0.4) is 0 Å². The van der Waals surface area contributed by atoms with Gasteiger partial charge in [0, 0.05) is 32.6 Å². The van der Waals surface area contributed by atoms with Gasteiger partial charge in [0.05, 0.1) is 0 Å². The summed E-state index contributed by atoms with van der Waals surface area (Å²) in [6, 6.07) is 9.32. The van der Waals surface area contributed by atoms with E-state index >= 15 is 0 Å². The van der Waals surface area contributed by atoms with Crippen LogP contribution in [0.15, 0.2) is 30.3 Å². The zero-order valence-corrected chi connectivity index (χ0v) is 14.2. The van der Waals surface area contributed by atoms with Crippen molar-refractivity contribution in [3.05, 3.63) is 30.3 Å². The predicted octanol–water partition coefficient (Wildman–Crippen LogP) is 2.17.